The second-order valence-corrected chi connectivity index (χ2v) is 4.66. The highest BCUT2D eigenvalue weighted by atomic mass is 32.2. The minimum Gasteiger partial charge on any atom is -0.304 e. The summed E-state index contributed by atoms with van der Waals surface area (Å²) in [6.07, 6.45) is 0. The molecule has 0 bridgehead atoms. The third kappa shape index (κ3) is 8.15. The largest absolute Gasteiger partial charge is 0.368 e. The molecule has 18 heavy (non-hydrogen) atoms. The van der Waals surface area contributed by atoms with E-state index in [0.717, 1.165) is 13.8 Å². The number of amides is 2. The summed E-state index contributed by atoms with van der Waals surface area (Å²) < 4.78 is 28.6. The summed E-state index contributed by atoms with van der Waals surface area (Å²) in [5.41, 5.74) is 0. The van der Waals surface area contributed by atoms with Gasteiger partial charge in [-0.05, 0) is 19.6 Å². The maximum absolute atomic E-state index is 10.4. The molecule has 0 unspecified atom stereocenters. The van der Waals surface area contributed by atoms with Crippen LogP contribution in [0.1, 0.15) is 34.6 Å². The van der Waals surface area contributed by atoms with Gasteiger partial charge in [-0.1, -0.05) is 20.8 Å². The van der Waals surface area contributed by atoms with Gasteiger partial charge in [0.25, 0.3) is 0 Å². The molecule has 0 aromatic rings. The highest BCUT2D eigenvalue weighted by Gasteiger charge is 2.25. The monoisotopic (exact) mass is 282 g/mol. The van der Waals surface area contributed by atoms with E-state index in [1.165, 1.54) is 19.6 Å². The summed E-state index contributed by atoms with van der Waals surface area (Å²) >= 11 is 0. The fraction of sp³-hybridized carbons (Fsp3) is 0.800. The summed E-state index contributed by atoms with van der Waals surface area (Å²) in [7, 11) is -4.73. The van der Waals surface area contributed by atoms with Crippen molar-refractivity contribution in [2.24, 2.45) is 0 Å². The lowest BCUT2D eigenvalue weighted by atomic mass is 10.5. The van der Waals surface area contributed by atoms with Crippen molar-refractivity contribution in [2.45, 2.75) is 34.6 Å². The Morgan fingerprint density at radius 1 is 0.944 bits per heavy atom. The molecule has 0 atom stereocenters. The Kier molecular flexibility index (Phi) is 9.69. The van der Waals surface area contributed by atoms with E-state index < -0.39 is 22.1 Å². The molecule has 2 amide bonds. The van der Waals surface area contributed by atoms with Gasteiger partial charge in [-0.3, -0.25) is 14.1 Å². The van der Waals surface area contributed by atoms with E-state index in [1.54, 1.807) is 0 Å². The molecular weight excluding hydrogens is 260 g/mol. The van der Waals surface area contributed by atoms with Gasteiger partial charge in [0.05, 0.1) is 0 Å². The lowest BCUT2D eigenvalue weighted by molar-refractivity contribution is -0.136. The highest BCUT2D eigenvalue weighted by molar-refractivity contribution is 7.84. The Hall–Kier alpha value is -0.990. The van der Waals surface area contributed by atoms with E-state index in [9.17, 15) is 18.0 Å². The van der Waals surface area contributed by atoms with Gasteiger partial charge in [0.1, 0.15) is 0 Å². The van der Waals surface area contributed by atoms with Crippen LogP contribution in [0.4, 0.5) is 0 Å². The molecule has 0 aromatic carbocycles. The van der Waals surface area contributed by atoms with Gasteiger partial charge in [-0.15, -0.1) is 0 Å². The average molecular weight is 282 g/mol. The lowest BCUT2D eigenvalue weighted by Crippen LogP contribution is -2.38. The zero-order valence-corrected chi connectivity index (χ0v) is 12.3. The van der Waals surface area contributed by atoms with Crippen LogP contribution in [0, 0.1) is 0 Å². The van der Waals surface area contributed by atoms with E-state index in [4.69, 9.17) is 4.55 Å². The molecule has 0 aliphatic heterocycles. The summed E-state index contributed by atoms with van der Waals surface area (Å²) in [6, 6.07) is 0. The number of imide groups is 1. The zero-order valence-electron chi connectivity index (χ0n) is 11.5. The van der Waals surface area contributed by atoms with Crippen LogP contribution < -0.4 is 0 Å². The smallest absolute Gasteiger partial charge is 0.304 e. The van der Waals surface area contributed by atoms with E-state index in [0.29, 0.717) is 0 Å². The first-order valence-electron chi connectivity index (χ1n) is 5.62. The van der Waals surface area contributed by atoms with Crippen molar-refractivity contribution in [3.63, 3.8) is 0 Å². The van der Waals surface area contributed by atoms with Crippen LogP contribution in [0.3, 0.4) is 0 Å². The van der Waals surface area contributed by atoms with Gasteiger partial charge < -0.3 is 4.90 Å². The molecule has 0 fully saturated rings. The summed E-state index contributed by atoms with van der Waals surface area (Å²) in [5.74, 6) is -2.08. The molecule has 0 aliphatic rings. The van der Waals surface area contributed by atoms with Gasteiger partial charge in [-0.25, -0.2) is 0 Å². The molecule has 0 aromatic heterocycles. The number of carbonyl (C=O) groups excluding carboxylic acids is 2. The number of rotatable bonds is 4. The molecule has 0 aliphatic carbocycles. The molecule has 0 heterocycles. The van der Waals surface area contributed by atoms with E-state index in [2.05, 4.69) is 25.7 Å². The van der Waals surface area contributed by atoms with Gasteiger partial charge in [0.2, 0.25) is 11.8 Å². The van der Waals surface area contributed by atoms with Gasteiger partial charge >= 0.3 is 10.3 Å². The number of nitrogens with zero attached hydrogens (tertiary/aromatic N) is 2. The van der Waals surface area contributed by atoms with Crippen LogP contribution in [-0.2, 0) is 19.9 Å². The number of carbonyl (C=O) groups is 2. The highest BCUT2D eigenvalue weighted by Crippen LogP contribution is 1.97. The summed E-state index contributed by atoms with van der Waals surface area (Å²) in [5, 5.41) is 0. The van der Waals surface area contributed by atoms with E-state index >= 15 is 0 Å². The van der Waals surface area contributed by atoms with Crippen LogP contribution in [0.15, 0.2) is 0 Å². The maximum Gasteiger partial charge on any atom is 0.368 e. The number of hydrogen-bond donors (Lipinski definition) is 1. The van der Waals surface area contributed by atoms with E-state index in [-0.39, 0.29) is 4.31 Å². The summed E-state index contributed by atoms with van der Waals surface area (Å²) in [6.45, 7) is 11.8. The van der Waals surface area contributed by atoms with Crippen molar-refractivity contribution >= 4 is 22.1 Å². The molecule has 0 saturated carbocycles. The molecular formula is C10H22N2O5S. The van der Waals surface area contributed by atoms with Crippen molar-refractivity contribution in [1.82, 2.24) is 9.21 Å². The van der Waals surface area contributed by atoms with E-state index in [1.807, 2.05) is 0 Å². The molecule has 0 radical (unpaired) electrons. The predicted molar refractivity (Wildman–Crippen MR) is 68.2 cm³/mol. The average Bonchev–Trinajstić information content (AvgIpc) is 2.17. The molecule has 8 heteroatoms. The molecule has 0 spiro atoms. The summed E-state index contributed by atoms with van der Waals surface area (Å²) in [4.78, 5) is 23.2. The van der Waals surface area contributed by atoms with Crippen LogP contribution in [-0.4, -0.2) is 53.6 Å². The van der Waals surface area contributed by atoms with Crippen LogP contribution in [0.25, 0.3) is 0 Å². The molecule has 108 valence electrons. The zero-order chi connectivity index (χ0) is 14.9. The topological polar surface area (TPSA) is 95.0 Å². The Bertz CT molecular complexity index is 343. The van der Waals surface area contributed by atoms with Gasteiger partial charge in [0, 0.05) is 13.8 Å². The fourth-order valence-electron chi connectivity index (χ4n) is 1.22. The van der Waals surface area contributed by atoms with Crippen LogP contribution in [0.5, 0.6) is 0 Å². The first-order valence-corrected chi connectivity index (χ1v) is 7.02. The SMILES string of the molecule is CC(=O)N(C(C)=O)S(=O)(=O)O.CCN(CC)CC. The number of hydrogen-bond acceptors (Lipinski definition) is 5. The van der Waals surface area contributed by atoms with Crippen LogP contribution in [0.2, 0.25) is 0 Å². The van der Waals surface area contributed by atoms with Crippen molar-refractivity contribution in [2.75, 3.05) is 19.6 Å². The predicted octanol–water partition coefficient (Wildman–Crippen LogP) is 0.532. The fourth-order valence-corrected chi connectivity index (χ4v) is 1.87. The Morgan fingerprint density at radius 2 is 1.22 bits per heavy atom. The van der Waals surface area contributed by atoms with Crippen molar-refractivity contribution in [3.8, 4) is 0 Å². The second kappa shape index (κ2) is 9.01. The Labute approximate surface area is 109 Å². The van der Waals surface area contributed by atoms with Crippen molar-refractivity contribution in [1.29, 1.82) is 0 Å². The Balaban J connectivity index is 0. The van der Waals surface area contributed by atoms with Gasteiger partial charge in [-0.2, -0.15) is 12.7 Å². The second-order valence-electron chi connectivity index (χ2n) is 3.40. The lowest BCUT2D eigenvalue weighted by Gasteiger charge is -2.13. The normalized spacial score (nSPS) is 10.6. The first-order chi connectivity index (χ1) is 8.11. The molecule has 1 N–H and O–H groups in total. The molecule has 0 saturated heterocycles. The minimum atomic E-state index is -4.73. The first kappa shape index (κ1) is 19.4. The third-order valence-corrected chi connectivity index (χ3v) is 3.12. The van der Waals surface area contributed by atoms with Crippen molar-refractivity contribution in [3.05, 3.63) is 0 Å². The maximum atomic E-state index is 10.4. The quantitative estimate of drug-likeness (QED) is 0.756. The van der Waals surface area contributed by atoms with Gasteiger partial charge in [0.15, 0.2) is 0 Å². The van der Waals surface area contributed by atoms with Crippen LogP contribution >= 0.6 is 0 Å². The third-order valence-electron chi connectivity index (χ3n) is 2.14. The minimum absolute atomic E-state index is 0.229. The molecule has 0 rings (SSSR count). The van der Waals surface area contributed by atoms with Crippen molar-refractivity contribution < 1.29 is 22.6 Å². The Morgan fingerprint density at radius 3 is 1.22 bits per heavy atom. The molecule has 7 nitrogen and oxygen atoms in total. The standard InChI is InChI=1S/C6H15N.C4H7NO5S/c1-4-7(5-2)6-3;1-3(6)5(4(2)7)11(8,9)10/h4-6H2,1-3H3;1-2H3,(H,8,9,10).